The molecule has 67 heavy (non-hydrogen) atoms. The Morgan fingerprint density at radius 1 is 0.567 bits per heavy atom. The third-order valence-corrected chi connectivity index (χ3v) is 17.6. The number of thiophene rings is 1. The lowest BCUT2D eigenvalue weighted by Gasteiger charge is -2.42. The molecule has 4 aromatic heterocycles. The minimum atomic E-state index is -0.118. The molecule has 0 unspecified atom stereocenters. The Bertz CT molecular complexity index is 4220. The third kappa shape index (κ3) is 4.94. The monoisotopic (exact) mass is 884 g/mol. The molecule has 0 saturated heterocycles. The molecule has 12 aromatic rings. The molecule has 6 heteroatoms. The largest absolute Gasteiger partial charge is 0.456 e. The first-order valence-electron chi connectivity index (χ1n) is 24.1. The van der Waals surface area contributed by atoms with Crippen LogP contribution in [0.25, 0.3) is 103 Å². The molecule has 0 radical (unpaired) electrons. The van der Waals surface area contributed by atoms with Gasteiger partial charge in [-0.1, -0.05) is 109 Å². The van der Waals surface area contributed by atoms with E-state index in [1.54, 1.807) is 0 Å². The van der Waals surface area contributed by atoms with Crippen molar-refractivity contribution < 1.29 is 8.83 Å². The fourth-order valence-corrected chi connectivity index (χ4v) is 14.0. The lowest BCUT2D eigenvalue weighted by atomic mass is 9.43. The summed E-state index contributed by atoms with van der Waals surface area (Å²) in [4.78, 5) is 2.68. The maximum atomic E-state index is 7.06. The van der Waals surface area contributed by atoms with Crippen LogP contribution in [0.2, 0.25) is 0 Å². The molecule has 4 nitrogen and oxygen atoms in total. The number of aromatic nitrogens is 1. The van der Waals surface area contributed by atoms with E-state index in [2.05, 4.69) is 192 Å². The van der Waals surface area contributed by atoms with Crippen LogP contribution in [0.3, 0.4) is 0 Å². The minimum absolute atomic E-state index is 0.0203. The van der Waals surface area contributed by atoms with Gasteiger partial charge in [0.2, 0.25) is 0 Å². The van der Waals surface area contributed by atoms with Crippen molar-refractivity contribution in [1.29, 1.82) is 0 Å². The van der Waals surface area contributed by atoms with E-state index in [1.165, 1.54) is 121 Å². The van der Waals surface area contributed by atoms with Crippen LogP contribution in [-0.2, 0) is 16.2 Å². The van der Waals surface area contributed by atoms with E-state index in [9.17, 15) is 0 Å². The summed E-state index contributed by atoms with van der Waals surface area (Å²) in [5.41, 5.74) is 20.7. The maximum absolute atomic E-state index is 7.06. The Labute approximate surface area is 393 Å². The zero-order valence-corrected chi connectivity index (χ0v) is 40.1. The lowest BCUT2D eigenvalue weighted by molar-refractivity contribution is 0.332. The molecule has 15 rings (SSSR count). The number of furan rings is 2. The molecule has 3 aliphatic rings. The van der Waals surface area contributed by atoms with Gasteiger partial charge in [-0.3, -0.25) is 0 Å². The van der Waals surface area contributed by atoms with Crippen molar-refractivity contribution in [3.8, 4) is 16.8 Å². The molecule has 0 spiro atoms. The highest BCUT2D eigenvalue weighted by molar-refractivity contribution is 7.26. The summed E-state index contributed by atoms with van der Waals surface area (Å²) in [5.74, 6) is 0. The number of aryl methyl sites for hydroxylation is 1. The van der Waals surface area contributed by atoms with Gasteiger partial charge in [0.05, 0.1) is 11.0 Å². The van der Waals surface area contributed by atoms with Gasteiger partial charge in [0.15, 0.2) is 0 Å². The predicted molar refractivity (Wildman–Crippen MR) is 286 cm³/mol. The van der Waals surface area contributed by atoms with Crippen molar-refractivity contribution in [3.05, 3.63) is 150 Å². The molecule has 0 saturated carbocycles. The molecule has 0 N–H and O–H groups in total. The van der Waals surface area contributed by atoms with E-state index in [0.717, 1.165) is 39.5 Å². The summed E-state index contributed by atoms with van der Waals surface area (Å²) in [6.45, 7) is 18.8. The van der Waals surface area contributed by atoms with Gasteiger partial charge in [-0.2, -0.15) is 0 Å². The second-order valence-corrected chi connectivity index (χ2v) is 23.5. The van der Waals surface area contributed by atoms with Crippen molar-refractivity contribution in [2.24, 2.45) is 0 Å². The molecular weight excluding hydrogens is 836 g/mol. The second kappa shape index (κ2) is 12.4. The van der Waals surface area contributed by atoms with Gasteiger partial charge in [0.1, 0.15) is 22.3 Å². The maximum Gasteiger partial charge on any atom is 0.333 e. The van der Waals surface area contributed by atoms with Crippen LogP contribution in [-0.4, -0.2) is 11.4 Å². The van der Waals surface area contributed by atoms with E-state index in [1.807, 2.05) is 11.3 Å². The van der Waals surface area contributed by atoms with E-state index in [4.69, 9.17) is 8.83 Å². The molecule has 0 fully saturated rings. The van der Waals surface area contributed by atoms with Gasteiger partial charge in [-0.25, -0.2) is 0 Å². The number of hydrogen-bond acceptors (Lipinski definition) is 4. The van der Waals surface area contributed by atoms with Gasteiger partial charge >= 0.3 is 6.85 Å². The van der Waals surface area contributed by atoms with Gasteiger partial charge in [0.25, 0.3) is 0 Å². The van der Waals surface area contributed by atoms with Crippen molar-refractivity contribution in [1.82, 2.24) is 4.57 Å². The standard InChI is InChI=1S/C61H49BN2O2S/c1-32-23-42-37-28-51-40(38-24-44-45(30-53(38)66-51)61(7,8)22-21-60(44,5)6)27-48(37)64(34-19-17-33(18-20-34)59(2,3)4)62-46-25-41-36-14-10-12-16-54(36)67-55(41)31-49(46)63-47-26-39-35-13-9-11-15-50(35)65-52(39)29-43(47)56(32)58(63)57(42)62/h9-20,23-31H,21-22H2,1-8H3. The normalized spacial score (nSPS) is 16.1. The van der Waals surface area contributed by atoms with Crippen LogP contribution in [0.15, 0.2) is 136 Å². The zero-order chi connectivity index (χ0) is 45.2. The average Bonchev–Trinajstić information content (AvgIpc) is 4.06. The number of nitrogens with zero attached hydrogens (tertiary/aromatic N) is 2. The van der Waals surface area contributed by atoms with Crippen LogP contribution >= 0.6 is 11.3 Å². The Kier molecular flexibility index (Phi) is 7.11. The number of fused-ring (bicyclic) bond motifs is 18. The predicted octanol–water partition coefficient (Wildman–Crippen LogP) is 16.1. The summed E-state index contributed by atoms with van der Waals surface area (Å²) in [5, 5.41) is 9.80. The molecule has 324 valence electrons. The average molecular weight is 885 g/mol. The van der Waals surface area contributed by atoms with E-state index >= 15 is 0 Å². The second-order valence-electron chi connectivity index (χ2n) is 22.4. The number of para-hydroxylation sites is 1. The lowest BCUT2D eigenvalue weighted by Crippen LogP contribution is -2.60. The first kappa shape index (κ1) is 38.4. The highest BCUT2D eigenvalue weighted by atomic mass is 32.1. The summed E-state index contributed by atoms with van der Waals surface area (Å²) < 4.78 is 18.9. The van der Waals surface area contributed by atoms with Crippen molar-refractivity contribution >= 4 is 126 Å². The van der Waals surface area contributed by atoms with Gasteiger partial charge in [-0.15, -0.1) is 11.3 Å². The van der Waals surface area contributed by atoms with Crippen molar-refractivity contribution in [2.75, 3.05) is 4.81 Å². The summed E-state index contributed by atoms with van der Waals surface area (Å²) in [7, 11) is 0. The van der Waals surface area contributed by atoms with E-state index < -0.39 is 0 Å². The first-order chi connectivity index (χ1) is 32.2. The SMILES string of the molecule is Cc1cc2c3c4c1c1cc5oc6ccccc6c5cc1n4-c1cc4sc5ccccc5c4cc1B3N(c1ccc(C(C)(C)C)cc1)c1cc3c(cc1-2)oc1cc2c(cc13)C(C)(C)CCC2(C)C. The fraction of sp³-hybridized carbons (Fsp3) is 0.213. The Morgan fingerprint density at radius 3 is 2.03 bits per heavy atom. The summed E-state index contributed by atoms with van der Waals surface area (Å²) in [6, 6.07) is 48.9. The molecule has 8 aromatic carbocycles. The summed E-state index contributed by atoms with van der Waals surface area (Å²) >= 11 is 1.90. The zero-order valence-electron chi connectivity index (χ0n) is 39.2. The molecule has 0 bridgehead atoms. The smallest absolute Gasteiger partial charge is 0.333 e. The number of anilines is 2. The molecular formula is C61H49BN2O2S. The molecule has 6 heterocycles. The van der Waals surface area contributed by atoms with Crippen molar-refractivity contribution in [3.63, 3.8) is 0 Å². The van der Waals surface area contributed by atoms with Crippen molar-refractivity contribution in [2.45, 2.75) is 84.5 Å². The number of hydrogen-bond donors (Lipinski definition) is 0. The van der Waals surface area contributed by atoms with E-state index in [0.29, 0.717) is 0 Å². The van der Waals surface area contributed by atoms with Crippen LogP contribution in [0.1, 0.15) is 83.6 Å². The Morgan fingerprint density at radius 2 is 1.24 bits per heavy atom. The van der Waals surface area contributed by atoms with Gasteiger partial charge in [0, 0.05) is 75.1 Å². The molecule has 0 atom stereocenters. The Hall–Kier alpha value is -6.76. The third-order valence-electron chi connectivity index (χ3n) is 16.5. The minimum Gasteiger partial charge on any atom is -0.456 e. The molecule has 1 aliphatic carbocycles. The molecule has 0 amide bonds. The highest BCUT2D eigenvalue weighted by Crippen LogP contribution is 2.52. The van der Waals surface area contributed by atoms with Crippen LogP contribution in [0, 0.1) is 6.92 Å². The quantitative estimate of drug-likeness (QED) is 0.154. The fourth-order valence-electron chi connectivity index (χ4n) is 12.9. The topological polar surface area (TPSA) is 34.5 Å². The van der Waals surface area contributed by atoms with Crippen LogP contribution in [0.5, 0.6) is 0 Å². The van der Waals surface area contributed by atoms with Crippen LogP contribution in [0.4, 0.5) is 11.4 Å². The van der Waals surface area contributed by atoms with Gasteiger partial charge in [-0.05, 0) is 141 Å². The summed E-state index contributed by atoms with van der Waals surface area (Å²) in [6.07, 6.45) is 2.33. The number of rotatable bonds is 1. The first-order valence-corrected chi connectivity index (χ1v) is 24.9. The number of benzene rings is 8. The Balaban J connectivity index is 1.11. The highest BCUT2D eigenvalue weighted by Gasteiger charge is 2.45. The van der Waals surface area contributed by atoms with Crippen LogP contribution < -0.4 is 15.7 Å². The van der Waals surface area contributed by atoms with E-state index in [-0.39, 0.29) is 23.1 Å². The van der Waals surface area contributed by atoms with Gasteiger partial charge < -0.3 is 18.2 Å². The molecule has 2 aliphatic heterocycles.